The molecule has 1 heterocycles. The summed E-state index contributed by atoms with van der Waals surface area (Å²) in [5, 5.41) is 6.74. The summed E-state index contributed by atoms with van der Waals surface area (Å²) >= 11 is 0. The maximum absolute atomic E-state index is 5.24. The topological polar surface area (TPSA) is 46.2 Å². The molecule has 0 saturated heterocycles. The molecule has 2 N–H and O–H groups in total. The second kappa shape index (κ2) is 7.19. The van der Waals surface area contributed by atoms with Gasteiger partial charge in [-0.25, -0.2) is 0 Å². The quantitative estimate of drug-likeness (QED) is 0.728. The molecule has 0 spiro atoms. The maximum Gasteiger partial charge on any atom is 0.141 e. The van der Waals surface area contributed by atoms with E-state index >= 15 is 0 Å². The zero-order chi connectivity index (χ0) is 11.8. The fraction of sp³-hybridized carbons (Fsp3) is 0.583. The lowest BCUT2D eigenvalue weighted by Gasteiger charge is -2.15. The molecule has 16 heavy (non-hydrogen) atoms. The normalized spacial score (nSPS) is 12.4. The van der Waals surface area contributed by atoms with Gasteiger partial charge in [0.2, 0.25) is 0 Å². The Bertz CT molecular complexity index is 304. The van der Waals surface area contributed by atoms with Gasteiger partial charge < -0.3 is 15.4 Å². The number of likely N-dealkylation sites (N-methyl/N-ethyl adjacent to an activating group) is 1. The Morgan fingerprint density at radius 3 is 3.00 bits per heavy atom. The first-order valence-electron chi connectivity index (χ1n) is 5.69. The average Bonchev–Trinajstić information content (AvgIpc) is 2.34. The lowest BCUT2D eigenvalue weighted by atomic mass is 10.2. The molecule has 4 nitrogen and oxygen atoms in total. The Hall–Kier alpha value is -1.13. The van der Waals surface area contributed by atoms with Crippen molar-refractivity contribution in [3.8, 4) is 5.75 Å². The van der Waals surface area contributed by atoms with Crippen molar-refractivity contribution in [2.24, 2.45) is 0 Å². The summed E-state index contributed by atoms with van der Waals surface area (Å²) in [6, 6.07) is 2.42. The molecule has 0 aliphatic rings. The molecule has 1 aromatic rings. The van der Waals surface area contributed by atoms with Crippen molar-refractivity contribution in [2.75, 3.05) is 20.2 Å². The van der Waals surface area contributed by atoms with Crippen LogP contribution in [0.5, 0.6) is 5.75 Å². The molecule has 4 heteroatoms. The van der Waals surface area contributed by atoms with Crippen LogP contribution in [0.2, 0.25) is 0 Å². The van der Waals surface area contributed by atoms with Crippen molar-refractivity contribution in [1.29, 1.82) is 0 Å². The third-order valence-electron chi connectivity index (χ3n) is 2.43. The standard InChI is InChI=1S/C12H21N3O/c1-4-13-7-10(2)15-8-11-5-6-14-9-12(11)16-3/h5-6,9-10,13,15H,4,7-8H2,1-3H3. The summed E-state index contributed by atoms with van der Waals surface area (Å²) < 4.78 is 5.24. The molecule has 0 radical (unpaired) electrons. The lowest BCUT2D eigenvalue weighted by molar-refractivity contribution is 0.403. The van der Waals surface area contributed by atoms with Gasteiger partial charge in [-0.1, -0.05) is 6.92 Å². The predicted molar refractivity (Wildman–Crippen MR) is 65.6 cm³/mol. The van der Waals surface area contributed by atoms with Gasteiger partial charge in [-0.3, -0.25) is 4.98 Å². The van der Waals surface area contributed by atoms with E-state index in [0.29, 0.717) is 6.04 Å². The van der Waals surface area contributed by atoms with E-state index in [0.717, 1.165) is 30.9 Å². The fourth-order valence-electron chi connectivity index (χ4n) is 1.46. The zero-order valence-corrected chi connectivity index (χ0v) is 10.3. The van der Waals surface area contributed by atoms with E-state index in [1.165, 1.54) is 0 Å². The van der Waals surface area contributed by atoms with Crippen molar-refractivity contribution in [3.63, 3.8) is 0 Å². The lowest BCUT2D eigenvalue weighted by Crippen LogP contribution is -2.35. The summed E-state index contributed by atoms with van der Waals surface area (Å²) in [4.78, 5) is 4.03. The highest BCUT2D eigenvalue weighted by molar-refractivity contribution is 5.29. The van der Waals surface area contributed by atoms with Crippen LogP contribution in [0.15, 0.2) is 18.5 Å². The van der Waals surface area contributed by atoms with Crippen molar-refractivity contribution in [2.45, 2.75) is 26.4 Å². The van der Waals surface area contributed by atoms with Gasteiger partial charge >= 0.3 is 0 Å². The van der Waals surface area contributed by atoms with Gasteiger partial charge in [-0.05, 0) is 19.5 Å². The van der Waals surface area contributed by atoms with E-state index in [4.69, 9.17) is 4.74 Å². The maximum atomic E-state index is 5.24. The van der Waals surface area contributed by atoms with Crippen LogP contribution in [0.3, 0.4) is 0 Å². The van der Waals surface area contributed by atoms with Crippen molar-refractivity contribution >= 4 is 0 Å². The minimum absolute atomic E-state index is 0.442. The molecule has 0 amide bonds. The van der Waals surface area contributed by atoms with Crippen LogP contribution >= 0.6 is 0 Å². The predicted octanol–water partition coefficient (Wildman–Crippen LogP) is 1.18. The van der Waals surface area contributed by atoms with E-state index < -0.39 is 0 Å². The first-order chi connectivity index (χ1) is 7.77. The van der Waals surface area contributed by atoms with E-state index in [1.54, 1.807) is 19.5 Å². The largest absolute Gasteiger partial charge is 0.495 e. The third kappa shape index (κ3) is 4.16. The SMILES string of the molecule is CCNCC(C)NCc1ccncc1OC. The monoisotopic (exact) mass is 223 g/mol. The molecule has 0 aliphatic heterocycles. The molecule has 1 unspecified atom stereocenters. The molecule has 0 bridgehead atoms. The van der Waals surface area contributed by atoms with Gasteiger partial charge in [-0.15, -0.1) is 0 Å². The first kappa shape index (κ1) is 12.9. The number of rotatable bonds is 7. The molecular formula is C12H21N3O. The summed E-state index contributed by atoms with van der Waals surface area (Å²) in [5.41, 5.74) is 1.14. The highest BCUT2D eigenvalue weighted by atomic mass is 16.5. The van der Waals surface area contributed by atoms with Crippen LogP contribution in [0.1, 0.15) is 19.4 Å². The summed E-state index contributed by atoms with van der Waals surface area (Å²) in [5.74, 6) is 0.839. The second-order valence-electron chi connectivity index (χ2n) is 3.78. The van der Waals surface area contributed by atoms with Crippen LogP contribution in [0.4, 0.5) is 0 Å². The molecule has 0 aliphatic carbocycles. The van der Waals surface area contributed by atoms with E-state index in [9.17, 15) is 0 Å². The van der Waals surface area contributed by atoms with E-state index in [-0.39, 0.29) is 0 Å². The highest BCUT2D eigenvalue weighted by Gasteiger charge is 2.04. The van der Waals surface area contributed by atoms with Gasteiger partial charge in [-0.2, -0.15) is 0 Å². The molecule has 0 aromatic carbocycles. The van der Waals surface area contributed by atoms with Crippen molar-refractivity contribution in [3.05, 3.63) is 24.0 Å². The van der Waals surface area contributed by atoms with Crippen molar-refractivity contribution in [1.82, 2.24) is 15.6 Å². The summed E-state index contributed by atoms with van der Waals surface area (Å²) in [7, 11) is 1.67. The fourth-order valence-corrected chi connectivity index (χ4v) is 1.46. The van der Waals surface area contributed by atoms with E-state index in [1.807, 2.05) is 6.07 Å². The first-order valence-corrected chi connectivity index (χ1v) is 5.69. The highest BCUT2D eigenvalue weighted by Crippen LogP contribution is 2.14. The van der Waals surface area contributed by atoms with Crippen LogP contribution in [-0.2, 0) is 6.54 Å². The van der Waals surface area contributed by atoms with Gasteiger partial charge in [0.1, 0.15) is 5.75 Å². The molecule has 1 atom stereocenters. The third-order valence-corrected chi connectivity index (χ3v) is 2.43. The Balaban J connectivity index is 2.41. The number of hydrogen-bond acceptors (Lipinski definition) is 4. The zero-order valence-electron chi connectivity index (χ0n) is 10.3. The van der Waals surface area contributed by atoms with Gasteiger partial charge in [0, 0.05) is 30.9 Å². The number of nitrogens with one attached hydrogen (secondary N) is 2. The number of aromatic nitrogens is 1. The molecule has 0 fully saturated rings. The van der Waals surface area contributed by atoms with Gasteiger partial charge in [0.15, 0.2) is 0 Å². The summed E-state index contributed by atoms with van der Waals surface area (Å²) in [6.07, 6.45) is 3.53. The Morgan fingerprint density at radius 1 is 1.50 bits per heavy atom. The second-order valence-corrected chi connectivity index (χ2v) is 3.78. The van der Waals surface area contributed by atoms with E-state index in [2.05, 4.69) is 29.5 Å². The average molecular weight is 223 g/mol. The van der Waals surface area contributed by atoms with Crippen LogP contribution in [0, 0.1) is 0 Å². The number of methoxy groups -OCH3 is 1. The number of nitrogens with zero attached hydrogens (tertiary/aromatic N) is 1. The molecule has 0 saturated carbocycles. The van der Waals surface area contributed by atoms with Gasteiger partial charge in [0.05, 0.1) is 13.3 Å². The van der Waals surface area contributed by atoms with Crippen molar-refractivity contribution < 1.29 is 4.74 Å². The minimum Gasteiger partial charge on any atom is -0.495 e. The number of ether oxygens (including phenoxy) is 1. The Kier molecular flexibility index (Phi) is 5.82. The molecule has 1 rings (SSSR count). The minimum atomic E-state index is 0.442. The molecule has 1 aromatic heterocycles. The van der Waals surface area contributed by atoms with Crippen LogP contribution < -0.4 is 15.4 Å². The Labute approximate surface area is 97.4 Å². The molecule has 90 valence electrons. The van der Waals surface area contributed by atoms with Gasteiger partial charge in [0.25, 0.3) is 0 Å². The number of pyridine rings is 1. The number of hydrogen-bond donors (Lipinski definition) is 2. The smallest absolute Gasteiger partial charge is 0.141 e. The Morgan fingerprint density at radius 2 is 2.31 bits per heavy atom. The van der Waals surface area contributed by atoms with Crippen LogP contribution in [-0.4, -0.2) is 31.2 Å². The van der Waals surface area contributed by atoms with Crippen LogP contribution in [0.25, 0.3) is 0 Å². The summed E-state index contributed by atoms with van der Waals surface area (Å²) in [6.45, 7) is 7.06. The molecular weight excluding hydrogens is 202 g/mol.